The lowest BCUT2D eigenvalue weighted by Crippen LogP contribution is -2.41. The van der Waals surface area contributed by atoms with Gasteiger partial charge in [-0.05, 0) is 66.9 Å². The van der Waals surface area contributed by atoms with Crippen molar-refractivity contribution in [1.82, 2.24) is 0 Å². The van der Waals surface area contributed by atoms with E-state index in [2.05, 4.69) is 6.07 Å². The minimum absolute atomic E-state index is 0.0121. The predicted molar refractivity (Wildman–Crippen MR) is 155 cm³/mol. The summed E-state index contributed by atoms with van der Waals surface area (Å²) in [6, 6.07) is 22.1. The highest BCUT2D eigenvalue weighted by atomic mass is 32.1. The van der Waals surface area contributed by atoms with Crippen LogP contribution in [0.3, 0.4) is 0 Å². The largest absolute Gasteiger partial charge is 0.298 e. The van der Waals surface area contributed by atoms with Gasteiger partial charge in [0, 0.05) is 4.88 Å². The Morgan fingerprint density at radius 3 is 2.12 bits per heavy atom. The number of aryl methyl sites for hydroxylation is 1. The van der Waals surface area contributed by atoms with Crippen molar-refractivity contribution in [2.75, 3.05) is 4.90 Å². The number of nitriles is 1. The molecule has 40 heavy (non-hydrogen) atoms. The standard InChI is InChI=1S/C34H30N2O3S/c1-3-18-34-26(21-14-8-5-9-15-21)25(20-12-6-4-7-13-20)33(2,32(34)39)27-28(34)30(38)36(29(27)37)31-23(19-35)22-16-10-11-17-24(22)40-31/h4-9,12-15,27-28H,3,10-11,16-18H2,1-2H3/t27-,28-,33+,34-/m1/s1. The normalized spacial score (nSPS) is 28.7. The highest BCUT2D eigenvalue weighted by molar-refractivity contribution is 7.17. The van der Waals surface area contributed by atoms with Crippen LogP contribution in [-0.4, -0.2) is 17.6 Å². The molecule has 6 heteroatoms. The number of anilines is 1. The number of hydrogen-bond acceptors (Lipinski definition) is 5. The Bertz CT molecular complexity index is 1660. The molecule has 3 aliphatic carbocycles. The Kier molecular flexibility index (Phi) is 5.56. The number of rotatable bonds is 5. The third-order valence-corrected chi connectivity index (χ3v) is 11.1. The van der Waals surface area contributed by atoms with Crippen LogP contribution >= 0.6 is 11.3 Å². The predicted octanol–water partition coefficient (Wildman–Crippen LogP) is 6.60. The summed E-state index contributed by atoms with van der Waals surface area (Å²) in [5.41, 5.74) is 2.80. The Morgan fingerprint density at radius 1 is 0.900 bits per heavy atom. The van der Waals surface area contributed by atoms with Crippen molar-refractivity contribution in [2.24, 2.45) is 22.7 Å². The van der Waals surface area contributed by atoms with Gasteiger partial charge in [0.25, 0.3) is 0 Å². The van der Waals surface area contributed by atoms with Gasteiger partial charge in [0.15, 0.2) is 5.78 Å². The Morgan fingerprint density at radius 2 is 1.50 bits per heavy atom. The molecule has 1 saturated carbocycles. The van der Waals surface area contributed by atoms with Crippen LogP contribution in [0.2, 0.25) is 0 Å². The fourth-order valence-electron chi connectivity index (χ4n) is 8.38. The molecule has 2 heterocycles. The average Bonchev–Trinajstić information content (AvgIpc) is 3.60. The van der Waals surface area contributed by atoms with Gasteiger partial charge in [0.1, 0.15) is 11.1 Å². The smallest absolute Gasteiger partial charge is 0.239 e. The molecule has 4 atom stereocenters. The molecule has 1 saturated heterocycles. The topological polar surface area (TPSA) is 78.2 Å². The molecule has 1 aliphatic heterocycles. The lowest BCUT2D eigenvalue weighted by atomic mass is 9.61. The highest BCUT2D eigenvalue weighted by Gasteiger charge is 2.80. The maximum absolute atomic E-state index is 14.8. The third kappa shape index (κ3) is 2.94. The fourth-order valence-corrected chi connectivity index (χ4v) is 9.73. The first kappa shape index (κ1) is 25.2. The molecule has 0 N–H and O–H groups in total. The average molecular weight is 547 g/mol. The van der Waals surface area contributed by atoms with Crippen LogP contribution in [0.15, 0.2) is 60.7 Å². The maximum atomic E-state index is 14.8. The lowest BCUT2D eigenvalue weighted by Gasteiger charge is -2.37. The van der Waals surface area contributed by atoms with Crippen LogP contribution in [0, 0.1) is 34.0 Å². The van der Waals surface area contributed by atoms with Crippen molar-refractivity contribution in [3.8, 4) is 6.07 Å². The number of carbonyl (C=O) groups excluding carboxylic acids is 3. The number of hydrogen-bond donors (Lipinski definition) is 0. The van der Waals surface area contributed by atoms with Crippen molar-refractivity contribution in [3.05, 3.63) is 87.8 Å². The second-order valence-electron chi connectivity index (χ2n) is 11.7. The molecule has 7 rings (SSSR count). The monoisotopic (exact) mass is 546 g/mol. The zero-order valence-corrected chi connectivity index (χ0v) is 23.5. The highest BCUT2D eigenvalue weighted by Crippen LogP contribution is 2.75. The van der Waals surface area contributed by atoms with Gasteiger partial charge in [-0.3, -0.25) is 14.4 Å². The summed E-state index contributed by atoms with van der Waals surface area (Å²) in [4.78, 5) is 46.3. The van der Waals surface area contributed by atoms with E-state index in [4.69, 9.17) is 0 Å². The van der Waals surface area contributed by atoms with E-state index in [0.717, 1.165) is 58.4 Å². The van der Waals surface area contributed by atoms with Crippen LogP contribution < -0.4 is 4.90 Å². The first-order valence-corrected chi connectivity index (χ1v) is 15.1. The molecule has 2 aromatic carbocycles. The van der Waals surface area contributed by atoms with Gasteiger partial charge in [0.2, 0.25) is 11.8 Å². The zero-order chi connectivity index (χ0) is 27.8. The maximum Gasteiger partial charge on any atom is 0.239 e. The molecular formula is C34H30N2O3S. The van der Waals surface area contributed by atoms with E-state index >= 15 is 0 Å². The van der Waals surface area contributed by atoms with E-state index in [1.54, 1.807) is 0 Å². The van der Waals surface area contributed by atoms with E-state index < -0.39 is 22.7 Å². The molecule has 1 aromatic heterocycles. The van der Waals surface area contributed by atoms with Crippen LogP contribution in [-0.2, 0) is 27.2 Å². The lowest BCUT2D eigenvalue weighted by molar-refractivity contribution is -0.134. The molecule has 3 aromatic rings. The van der Waals surface area contributed by atoms with E-state index in [9.17, 15) is 19.6 Å². The van der Waals surface area contributed by atoms with Crippen LogP contribution in [0.5, 0.6) is 0 Å². The Labute approximate surface area is 238 Å². The number of fused-ring (bicyclic) bond motifs is 6. The molecule has 2 amide bonds. The Balaban J connectivity index is 1.49. The van der Waals surface area contributed by atoms with E-state index in [0.29, 0.717) is 23.4 Å². The van der Waals surface area contributed by atoms with Crippen molar-refractivity contribution in [3.63, 3.8) is 0 Å². The van der Waals surface area contributed by atoms with Gasteiger partial charge < -0.3 is 0 Å². The molecular weight excluding hydrogens is 516 g/mol. The molecule has 0 radical (unpaired) electrons. The first-order chi connectivity index (χ1) is 19.4. The van der Waals surface area contributed by atoms with Crippen molar-refractivity contribution in [1.29, 1.82) is 5.26 Å². The molecule has 0 spiro atoms. The first-order valence-electron chi connectivity index (χ1n) is 14.2. The molecule has 4 aliphatic rings. The number of nitrogens with zero attached hydrogens (tertiary/aromatic N) is 2. The van der Waals surface area contributed by atoms with Crippen LogP contribution in [0.25, 0.3) is 11.1 Å². The SMILES string of the molecule is CCC[C@@]12C(=O)[C@@](C)(C(c3ccccc3)=C1c1ccccc1)[C@H]1C(=O)N(c3sc4c(c3C#N)CCCC4)C(=O)[C@@H]12. The van der Waals surface area contributed by atoms with Gasteiger partial charge in [-0.2, -0.15) is 5.26 Å². The minimum atomic E-state index is -1.16. The van der Waals surface area contributed by atoms with E-state index in [-0.39, 0.29) is 17.6 Å². The number of carbonyl (C=O) groups is 3. The molecule has 200 valence electrons. The molecule has 0 unspecified atom stereocenters. The molecule has 5 nitrogen and oxygen atoms in total. The number of amides is 2. The van der Waals surface area contributed by atoms with Gasteiger partial charge in [0.05, 0.1) is 28.2 Å². The summed E-state index contributed by atoms with van der Waals surface area (Å²) in [5.74, 6) is -2.25. The molecule has 2 fully saturated rings. The number of imide groups is 1. The second-order valence-corrected chi connectivity index (χ2v) is 12.8. The van der Waals surface area contributed by atoms with E-state index in [1.807, 2.05) is 74.5 Å². The number of benzene rings is 2. The van der Waals surface area contributed by atoms with Crippen molar-refractivity contribution in [2.45, 2.75) is 52.4 Å². The van der Waals surface area contributed by atoms with Crippen LogP contribution in [0.1, 0.15) is 66.7 Å². The quantitative estimate of drug-likeness (QED) is 0.338. The third-order valence-electron chi connectivity index (χ3n) is 9.79. The summed E-state index contributed by atoms with van der Waals surface area (Å²) in [6.45, 7) is 3.93. The summed E-state index contributed by atoms with van der Waals surface area (Å²) >= 11 is 1.42. The van der Waals surface area contributed by atoms with Gasteiger partial charge in [-0.25, -0.2) is 4.90 Å². The number of thiophene rings is 1. The van der Waals surface area contributed by atoms with Crippen LogP contribution in [0.4, 0.5) is 5.00 Å². The Hall–Kier alpha value is -3.82. The summed E-state index contributed by atoms with van der Waals surface area (Å²) in [6.07, 6.45) is 4.89. The molecule has 2 bridgehead atoms. The summed E-state index contributed by atoms with van der Waals surface area (Å²) in [7, 11) is 0. The number of Topliss-reactive ketones (excluding diaryl/α,β-unsaturated/α-hetero) is 1. The van der Waals surface area contributed by atoms with Gasteiger partial charge in [-0.15, -0.1) is 11.3 Å². The van der Waals surface area contributed by atoms with Crippen molar-refractivity contribution < 1.29 is 14.4 Å². The number of allylic oxidation sites excluding steroid dienone is 2. The zero-order valence-electron chi connectivity index (χ0n) is 22.7. The summed E-state index contributed by atoms with van der Waals surface area (Å²) < 4.78 is 0. The van der Waals surface area contributed by atoms with E-state index in [1.165, 1.54) is 16.2 Å². The van der Waals surface area contributed by atoms with Gasteiger partial charge in [-0.1, -0.05) is 74.0 Å². The van der Waals surface area contributed by atoms with Crippen molar-refractivity contribution >= 4 is 45.1 Å². The second kappa shape index (κ2) is 8.84. The minimum Gasteiger partial charge on any atom is -0.298 e. The van der Waals surface area contributed by atoms with Gasteiger partial charge >= 0.3 is 0 Å². The summed E-state index contributed by atoms with van der Waals surface area (Å²) in [5, 5.41) is 10.6. The fraction of sp³-hybridized carbons (Fsp3) is 0.353. The number of ketones is 1.